The molecule has 2 heterocycles. The number of aromatic hydroxyl groups is 1. The van der Waals surface area contributed by atoms with Crippen molar-refractivity contribution < 1.29 is 20.1 Å². The predicted octanol–water partition coefficient (Wildman–Crippen LogP) is 1.09. The van der Waals surface area contributed by atoms with Crippen LogP contribution in [0.15, 0.2) is 12.1 Å². The number of phenolic OH excluding ortho intramolecular Hbond substituents is 1. The average Bonchev–Trinajstić information content (AvgIpc) is 3.53. The molecule has 0 amide bonds. The summed E-state index contributed by atoms with van der Waals surface area (Å²) in [6, 6.07) is 3.81. The van der Waals surface area contributed by atoms with Crippen LogP contribution in [0, 0.1) is 5.92 Å². The first-order valence-electron chi connectivity index (χ1n) is 11.8. The average molecular weight is 415 g/mol. The number of hydrogen-bond acceptors (Lipinski definition) is 6. The lowest BCUT2D eigenvalue weighted by Gasteiger charge is -2.64. The van der Waals surface area contributed by atoms with Crippen LogP contribution in [0.2, 0.25) is 0 Å². The van der Waals surface area contributed by atoms with E-state index in [0.29, 0.717) is 31.8 Å². The molecule has 2 saturated carbocycles. The summed E-state index contributed by atoms with van der Waals surface area (Å²) in [7, 11) is 0. The number of nitrogens with one attached hydrogen (secondary N) is 1. The normalized spacial score (nSPS) is 41.2. The van der Waals surface area contributed by atoms with E-state index >= 15 is 0 Å². The predicted molar refractivity (Wildman–Crippen MR) is 113 cm³/mol. The first kappa shape index (κ1) is 19.5. The van der Waals surface area contributed by atoms with E-state index in [1.807, 2.05) is 12.1 Å². The van der Waals surface area contributed by atoms with E-state index in [4.69, 9.17) is 4.74 Å². The van der Waals surface area contributed by atoms with Gasteiger partial charge in [-0.05, 0) is 86.2 Å². The van der Waals surface area contributed by atoms with Crippen molar-refractivity contribution in [3.63, 3.8) is 0 Å². The Morgan fingerprint density at radius 3 is 2.73 bits per heavy atom. The van der Waals surface area contributed by atoms with Gasteiger partial charge in [0.25, 0.3) is 0 Å². The maximum Gasteiger partial charge on any atom is 0.116 e. The standard InChI is InChI=1S/C24H34N2O4/c27-17-10-16(9-15-1-2-15)18-12-22-24(29)13-20(26-5-7-30-8-6-26)21(28)14-23(24,3-4-25-22)19(18)11-17/h10-11,15,20-22,25,27-29H,1-9,12-14H2. The van der Waals surface area contributed by atoms with Gasteiger partial charge in [-0.3, -0.25) is 4.90 Å². The molecule has 2 aliphatic heterocycles. The first-order chi connectivity index (χ1) is 14.5. The molecule has 0 spiro atoms. The fourth-order valence-corrected chi connectivity index (χ4v) is 7.15. The van der Waals surface area contributed by atoms with Crippen LogP contribution in [-0.2, 0) is 23.0 Å². The monoisotopic (exact) mass is 414 g/mol. The highest BCUT2D eigenvalue weighted by molar-refractivity contribution is 5.52. The van der Waals surface area contributed by atoms with Crippen molar-refractivity contribution in [1.29, 1.82) is 0 Å². The van der Waals surface area contributed by atoms with E-state index in [1.54, 1.807) is 0 Å². The van der Waals surface area contributed by atoms with Gasteiger partial charge in [0.2, 0.25) is 0 Å². The summed E-state index contributed by atoms with van der Waals surface area (Å²) in [5.74, 6) is 1.05. The number of ether oxygens (including phenoxy) is 1. The molecule has 5 atom stereocenters. The van der Waals surface area contributed by atoms with Crippen LogP contribution in [0.3, 0.4) is 0 Å². The number of morpholine rings is 1. The topological polar surface area (TPSA) is 85.2 Å². The number of phenols is 1. The van der Waals surface area contributed by atoms with Crippen molar-refractivity contribution in [2.24, 2.45) is 5.92 Å². The van der Waals surface area contributed by atoms with E-state index in [1.165, 1.54) is 24.0 Å². The summed E-state index contributed by atoms with van der Waals surface area (Å²) in [6.07, 6.45) is 5.83. The Morgan fingerprint density at radius 2 is 1.97 bits per heavy atom. The molecule has 6 nitrogen and oxygen atoms in total. The van der Waals surface area contributed by atoms with Crippen molar-refractivity contribution in [1.82, 2.24) is 10.2 Å². The van der Waals surface area contributed by atoms with Crippen LogP contribution in [0.25, 0.3) is 0 Å². The van der Waals surface area contributed by atoms with Gasteiger partial charge in [0.05, 0.1) is 24.9 Å². The third kappa shape index (κ3) is 2.81. The first-order valence-corrected chi connectivity index (χ1v) is 11.8. The molecule has 0 radical (unpaired) electrons. The van der Waals surface area contributed by atoms with Gasteiger partial charge in [0.15, 0.2) is 0 Å². The molecular weight excluding hydrogens is 380 g/mol. The number of fused-ring (bicyclic) bond motifs is 1. The minimum absolute atomic E-state index is 0.00251. The third-order valence-electron chi connectivity index (χ3n) is 8.84. The molecule has 4 fully saturated rings. The number of piperidine rings is 1. The zero-order valence-corrected chi connectivity index (χ0v) is 17.6. The zero-order chi connectivity index (χ0) is 20.5. The Kier molecular flexibility index (Phi) is 4.49. The molecule has 4 N–H and O–H groups in total. The highest BCUT2D eigenvalue weighted by atomic mass is 16.5. The molecule has 5 aliphatic rings. The van der Waals surface area contributed by atoms with E-state index in [9.17, 15) is 15.3 Å². The van der Waals surface area contributed by atoms with Crippen molar-refractivity contribution in [2.75, 3.05) is 32.8 Å². The Morgan fingerprint density at radius 1 is 1.17 bits per heavy atom. The maximum absolute atomic E-state index is 12.3. The zero-order valence-electron chi connectivity index (χ0n) is 17.6. The van der Waals surface area contributed by atoms with Crippen molar-refractivity contribution in [2.45, 2.75) is 74.1 Å². The Bertz CT molecular complexity index is 837. The summed E-state index contributed by atoms with van der Waals surface area (Å²) < 4.78 is 5.51. The van der Waals surface area contributed by atoms with E-state index < -0.39 is 17.1 Å². The second-order valence-electron chi connectivity index (χ2n) is 10.4. The SMILES string of the molecule is Oc1cc(CC2CC2)c2c(c1)C13CCNC(C2)C1(O)CC(N1CCOCC1)C(O)C3. The lowest BCUT2D eigenvalue weighted by molar-refractivity contribution is -0.176. The Balaban J connectivity index is 1.43. The summed E-state index contributed by atoms with van der Waals surface area (Å²) in [5, 5.41) is 37.9. The molecule has 30 heavy (non-hydrogen) atoms. The van der Waals surface area contributed by atoms with Gasteiger partial charge in [-0.25, -0.2) is 0 Å². The van der Waals surface area contributed by atoms with Crippen LogP contribution in [0.4, 0.5) is 0 Å². The molecule has 5 unspecified atom stereocenters. The van der Waals surface area contributed by atoms with Gasteiger partial charge in [0, 0.05) is 30.6 Å². The molecule has 164 valence electrons. The van der Waals surface area contributed by atoms with Gasteiger partial charge in [-0.15, -0.1) is 0 Å². The Labute approximate surface area is 178 Å². The number of hydrogen-bond donors (Lipinski definition) is 4. The van der Waals surface area contributed by atoms with Crippen LogP contribution in [-0.4, -0.2) is 76.9 Å². The lowest BCUT2D eigenvalue weighted by atomic mass is 9.48. The third-order valence-corrected chi connectivity index (χ3v) is 8.84. The van der Waals surface area contributed by atoms with Crippen LogP contribution >= 0.6 is 0 Å². The van der Waals surface area contributed by atoms with Gasteiger partial charge in [0.1, 0.15) is 5.75 Å². The quantitative estimate of drug-likeness (QED) is 0.593. The largest absolute Gasteiger partial charge is 0.508 e. The lowest BCUT2D eigenvalue weighted by Crippen LogP contribution is -2.76. The van der Waals surface area contributed by atoms with E-state index in [2.05, 4.69) is 10.2 Å². The molecule has 6 rings (SSSR count). The second-order valence-corrected chi connectivity index (χ2v) is 10.4. The molecular formula is C24H34N2O4. The summed E-state index contributed by atoms with van der Waals surface area (Å²) in [5.41, 5.74) is 2.28. The summed E-state index contributed by atoms with van der Waals surface area (Å²) in [4.78, 5) is 2.31. The van der Waals surface area contributed by atoms with Crippen molar-refractivity contribution in [3.05, 3.63) is 28.8 Å². The summed E-state index contributed by atoms with van der Waals surface area (Å²) >= 11 is 0. The van der Waals surface area contributed by atoms with Gasteiger partial charge < -0.3 is 25.4 Å². The molecule has 2 bridgehead atoms. The minimum Gasteiger partial charge on any atom is -0.508 e. The number of aliphatic hydroxyl groups excluding tert-OH is 1. The minimum atomic E-state index is -0.912. The van der Waals surface area contributed by atoms with Gasteiger partial charge >= 0.3 is 0 Å². The van der Waals surface area contributed by atoms with Crippen LogP contribution in [0.5, 0.6) is 5.75 Å². The molecule has 1 aromatic carbocycles. The fourth-order valence-electron chi connectivity index (χ4n) is 7.15. The Hall–Kier alpha value is -1.18. The molecule has 6 heteroatoms. The molecule has 1 aromatic rings. The van der Waals surface area contributed by atoms with Gasteiger partial charge in [-0.2, -0.15) is 0 Å². The molecule has 3 aliphatic carbocycles. The van der Waals surface area contributed by atoms with Crippen molar-refractivity contribution in [3.8, 4) is 5.75 Å². The second kappa shape index (κ2) is 6.91. The maximum atomic E-state index is 12.3. The summed E-state index contributed by atoms with van der Waals surface area (Å²) in [6.45, 7) is 3.85. The fraction of sp³-hybridized carbons (Fsp3) is 0.750. The van der Waals surface area contributed by atoms with Crippen LogP contribution < -0.4 is 5.32 Å². The van der Waals surface area contributed by atoms with Gasteiger partial charge in [-0.1, -0.05) is 0 Å². The molecule has 0 aromatic heterocycles. The number of rotatable bonds is 3. The van der Waals surface area contributed by atoms with E-state index in [-0.39, 0.29) is 12.1 Å². The smallest absolute Gasteiger partial charge is 0.116 e. The molecule has 2 saturated heterocycles. The number of aliphatic hydroxyl groups is 2. The van der Waals surface area contributed by atoms with Crippen molar-refractivity contribution >= 4 is 0 Å². The highest BCUT2D eigenvalue weighted by Gasteiger charge is 2.65. The highest BCUT2D eigenvalue weighted by Crippen LogP contribution is 2.58. The van der Waals surface area contributed by atoms with Crippen LogP contribution in [0.1, 0.15) is 48.8 Å². The number of nitrogens with zero attached hydrogens (tertiary/aromatic N) is 1. The number of benzene rings is 1. The van der Waals surface area contributed by atoms with E-state index in [0.717, 1.165) is 50.4 Å².